The molecule has 0 fully saturated rings. The van der Waals surface area contributed by atoms with Crippen molar-refractivity contribution in [2.75, 3.05) is 5.75 Å². The molecule has 1 aromatic heterocycles. The number of nitrogens with zero attached hydrogens (tertiary/aromatic N) is 3. The van der Waals surface area contributed by atoms with Gasteiger partial charge in [0.05, 0.1) is 16.7 Å². The van der Waals surface area contributed by atoms with Crippen LogP contribution in [0.25, 0.3) is 0 Å². The fourth-order valence-electron chi connectivity index (χ4n) is 3.42. The summed E-state index contributed by atoms with van der Waals surface area (Å²) in [6.45, 7) is 4.87. The molecule has 0 spiro atoms. The Balaban J connectivity index is 1.98. The number of carbonyl (C=O) groups is 1. The van der Waals surface area contributed by atoms with E-state index in [1.54, 1.807) is 26.8 Å². The fourth-order valence-corrected chi connectivity index (χ4v) is 5.34. The second-order valence-corrected chi connectivity index (χ2v) is 11.2. The molecule has 1 aliphatic heterocycles. The minimum absolute atomic E-state index is 0.0293. The topological polar surface area (TPSA) is 98.3 Å². The predicted molar refractivity (Wildman–Crippen MR) is 114 cm³/mol. The number of amidine groups is 1. The number of aromatic nitrogens is 2. The van der Waals surface area contributed by atoms with Crippen LogP contribution in [0, 0.1) is 11.6 Å². The number of benzene rings is 1. The van der Waals surface area contributed by atoms with Gasteiger partial charge in [-0.15, -0.1) is 0 Å². The lowest BCUT2D eigenvalue weighted by Gasteiger charge is -2.41. The van der Waals surface area contributed by atoms with Crippen LogP contribution in [0.4, 0.5) is 8.78 Å². The first kappa shape index (κ1) is 22.0. The van der Waals surface area contributed by atoms with Crippen LogP contribution in [0.1, 0.15) is 37.7 Å². The second kappa shape index (κ2) is 7.54. The molecule has 0 radical (unpaired) electrons. The van der Waals surface area contributed by atoms with E-state index >= 15 is 0 Å². The fraction of sp³-hybridized carbons (Fsp3) is 0.381. The second-order valence-electron chi connectivity index (χ2n) is 8.23. The summed E-state index contributed by atoms with van der Waals surface area (Å²) < 4.78 is 41.4. The predicted octanol–water partition coefficient (Wildman–Crippen LogP) is 2.19. The molecule has 0 aliphatic carbocycles. The molecule has 2 heterocycles. The number of aliphatic imine (C=N–C) groups is 1. The minimum atomic E-state index is -2.80. The number of hydrogen-bond donors (Lipinski definition) is 1. The summed E-state index contributed by atoms with van der Waals surface area (Å²) in [6.07, 6.45) is 2.88. The van der Waals surface area contributed by atoms with Gasteiger partial charge in [-0.2, -0.15) is 0 Å². The number of carbonyl (C=O) groups excluding carboxylic acids is 1. The van der Waals surface area contributed by atoms with Gasteiger partial charge < -0.3 is 5.73 Å². The number of nitrogens with two attached hydrogens (primary N) is 1. The Morgan fingerprint density at radius 3 is 2.43 bits per heavy atom. The third-order valence-electron chi connectivity index (χ3n) is 5.47. The first-order valence-corrected chi connectivity index (χ1v) is 11.2. The molecule has 30 heavy (non-hydrogen) atoms. The number of Topliss-reactive ketones (excluding diaryl/α,β-unsaturated/α-hetero) is 1. The van der Waals surface area contributed by atoms with Crippen molar-refractivity contribution in [1.82, 2.24) is 9.97 Å². The average Bonchev–Trinajstić information content (AvgIpc) is 2.63. The van der Waals surface area contributed by atoms with Crippen molar-refractivity contribution in [3.05, 3.63) is 59.2 Å². The summed E-state index contributed by atoms with van der Waals surface area (Å²) in [5, 5.41) is 0. The normalized spacial score (nSPS) is 25.6. The average molecular weight is 435 g/mol. The van der Waals surface area contributed by atoms with Gasteiger partial charge in [-0.05, 0) is 59.9 Å². The standard InChI is InChI=1S/C21H24F2N4O2S/c1-20(2)19(24)27-21(3,12-30(20,4)29)15-9-13(10-16(22)18(15)23)8-14(28)11-17-25-6-5-7-26-17/h5-7,9-10H,4,8,11-12H2,1-3H3,(H2,24,27)/t21-,30?/m0/s1. The summed E-state index contributed by atoms with van der Waals surface area (Å²) >= 11 is 0. The van der Waals surface area contributed by atoms with Gasteiger partial charge >= 0.3 is 0 Å². The molecule has 1 unspecified atom stereocenters. The lowest BCUT2D eigenvalue weighted by Crippen LogP contribution is -2.54. The molecule has 1 aliphatic rings. The molecule has 6 nitrogen and oxygen atoms in total. The van der Waals surface area contributed by atoms with E-state index in [2.05, 4.69) is 20.8 Å². The largest absolute Gasteiger partial charge is 0.386 e. The Kier molecular flexibility index (Phi) is 5.53. The van der Waals surface area contributed by atoms with E-state index in [0.717, 1.165) is 6.07 Å². The summed E-state index contributed by atoms with van der Waals surface area (Å²) in [6, 6.07) is 3.99. The molecule has 2 aromatic rings. The van der Waals surface area contributed by atoms with Crippen molar-refractivity contribution in [2.24, 2.45) is 10.7 Å². The van der Waals surface area contributed by atoms with E-state index in [9.17, 15) is 17.8 Å². The van der Waals surface area contributed by atoms with E-state index in [0.29, 0.717) is 5.82 Å². The number of hydrogen-bond acceptors (Lipinski definition) is 6. The quantitative estimate of drug-likeness (QED) is 0.728. The van der Waals surface area contributed by atoms with Crippen molar-refractivity contribution < 1.29 is 17.8 Å². The highest BCUT2D eigenvalue weighted by Crippen LogP contribution is 2.38. The first-order valence-electron chi connectivity index (χ1n) is 9.32. The van der Waals surface area contributed by atoms with Gasteiger partial charge in [-0.3, -0.25) is 14.0 Å². The molecule has 0 saturated heterocycles. The van der Waals surface area contributed by atoms with E-state index < -0.39 is 31.4 Å². The number of halogens is 2. The van der Waals surface area contributed by atoms with Gasteiger partial charge in [-0.1, -0.05) is 0 Å². The third-order valence-corrected chi connectivity index (χ3v) is 8.57. The molecule has 2 atom stereocenters. The van der Waals surface area contributed by atoms with Crippen LogP contribution in [0.3, 0.4) is 0 Å². The van der Waals surface area contributed by atoms with E-state index in [1.807, 2.05) is 0 Å². The van der Waals surface area contributed by atoms with Crippen LogP contribution < -0.4 is 5.73 Å². The molecule has 3 rings (SSSR count). The monoisotopic (exact) mass is 434 g/mol. The zero-order valence-corrected chi connectivity index (χ0v) is 17.9. The Morgan fingerprint density at radius 1 is 1.20 bits per heavy atom. The lowest BCUT2D eigenvalue weighted by atomic mass is 9.90. The molecule has 160 valence electrons. The van der Waals surface area contributed by atoms with Crippen molar-refractivity contribution in [3.63, 3.8) is 0 Å². The highest BCUT2D eigenvalue weighted by Gasteiger charge is 2.46. The third kappa shape index (κ3) is 3.98. The molecular weight excluding hydrogens is 410 g/mol. The summed E-state index contributed by atoms with van der Waals surface area (Å²) in [4.78, 5) is 24.8. The molecule has 2 N–H and O–H groups in total. The molecule has 1 aromatic carbocycles. The molecule has 9 heteroatoms. The van der Waals surface area contributed by atoms with Crippen LogP contribution in [-0.2, 0) is 32.7 Å². The van der Waals surface area contributed by atoms with Crippen LogP contribution >= 0.6 is 0 Å². The van der Waals surface area contributed by atoms with Gasteiger partial charge in [0.2, 0.25) is 0 Å². The summed E-state index contributed by atoms with van der Waals surface area (Å²) in [5.41, 5.74) is 4.85. The summed E-state index contributed by atoms with van der Waals surface area (Å²) in [5.74, 6) is 1.66. The van der Waals surface area contributed by atoms with E-state index in [1.165, 1.54) is 18.5 Å². The number of rotatable bonds is 5. The maximum absolute atomic E-state index is 14.8. The van der Waals surface area contributed by atoms with E-state index in [4.69, 9.17) is 5.73 Å². The number of ketones is 1. The summed E-state index contributed by atoms with van der Waals surface area (Å²) in [7, 11) is -2.80. The smallest absolute Gasteiger partial charge is 0.164 e. The maximum atomic E-state index is 14.8. The Labute approximate surface area is 174 Å². The van der Waals surface area contributed by atoms with Crippen molar-refractivity contribution in [1.29, 1.82) is 0 Å². The first-order chi connectivity index (χ1) is 13.9. The van der Waals surface area contributed by atoms with Crippen LogP contribution in [-0.4, -0.2) is 42.2 Å². The highest BCUT2D eigenvalue weighted by molar-refractivity contribution is 8.02. The SMILES string of the molecule is C=S1(=O)C[C@@](C)(c2cc(CC(=O)Cc3ncccn3)cc(F)c2F)N=C(N)C1(C)C. The zero-order chi connectivity index (χ0) is 22.3. The minimum Gasteiger partial charge on any atom is -0.386 e. The van der Waals surface area contributed by atoms with Gasteiger partial charge in [0, 0.05) is 30.1 Å². The zero-order valence-electron chi connectivity index (χ0n) is 17.1. The lowest BCUT2D eigenvalue weighted by molar-refractivity contribution is -0.117. The molecule has 0 saturated carbocycles. The van der Waals surface area contributed by atoms with Gasteiger partial charge in [0.15, 0.2) is 11.6 Å². The molecule has 0 bridgehead atoms. The Hall–Kier alpha value is -2.68. The Bertz CT molecular complexity index is 1130. The highest BCUT2D eigenvalue weighted by atomic mass is 32.2. The van der Waals surface area contributed by atoms with Gasteiger partial charge in [0.1, 0.15) is 17.4 Å². The van der Waals surface area contributed by atoms with Crippen LogP contribution in [0.5, 0.6) is 0 Å². The van der Waals surface area contributed by atoms with Gasteiger partial charge in [0.25, 0.3) is 0 Å². The van der Waals surface area contributed by atoms with Crippen LogP contribution in [0.15, 0.2) is 35.6 Å². The van der Waals surface area contributed by atoms with Crippen molar-refractivity contribution in [3.8, 4) is 0 Å². The van der Waals surface area contributed by atoms with Crippen molar-refractivity contribution >= 4 is 27.0 Å². The van der Waals surface area contributed by atoms with Crippen LogP contribution in [0.2, 0.25) is 0 Å². The van der Waals surface area contributed by atoms with E-state index in [-0.39, 0.29) is 41.3 Å². The van der Waals surface area contributed by atoms with Crippen molar-refractivity contribution in [2.45, 2.75) is 43.9 Å². The Morgan fingerprint density at radius 2 is 1.83 bits per heavy atom. The van der Waals surface area contributed by atoms with Gasteiger partial charge in [-0.25, -0.2) is 18.7 Å². The molecular formula is C21H24F2N4O2S. The maximum Gasteiger partial charge on any atom is 0.164 e. The molecule has 0 amide bonds.